The molecule has 2 heterocycles. The van der Waals surface area contributed by atoms with E-state index in [-0.39, 0.29) is 16.6 Å². The highest BCUT2D eigenvalue weighted by atomic mass is 32.2. The van der Waals surface area contributed by atoms with Crippen molar-refractivity contribution >= 4 is 21.4 Å². The number of nitrogens with one attached hydrogen (secondary N) is 2. The van der Waals surface area contributed by atoms with Crippen LogP contribution in [0.2, 0.25) is 0 Å². The van der Waals surface area contributed by atoms with Crippen molar-refractivity contribution in [2.75, 3.05) is 0 Å². The van der Waals surface area contributed by atoms with Gasteiger partial charge in [0.15, 0.2) is 0 Å². The lowest BCUT2D eigenvalue weighted by Crippen LogP contribution is -2.27. The molecule has 19 heavy (non-hydrogen) atoms. The lowest BCUT2D eigenvalue weighted by atomic mass is 10.3. The molecule has 0 aliphatic rings. The summed E-state index contributed by atoms with van der Waals surface area (Å²) in [5.41, 5.74) is 0.540. The molecule has 0 aliphatic heterocycles. The number of hydrogen-bond acceptors (Lipinski definition) is 5. The predicted octanol–water partition coefficient (Wildman–Crippen LogP) is 1.31. The SMILES string of the molecule is Cc1[nH]nc(CO)c1S(=O)(=O)NC(C)c1cccs1. The third kappa shape index (κ3) is 2.86. The van der Waals surface area contributed by atoms with Crippen molar-refractivity contribution < 1.29 is 13.5 Å². The Morgan fingerprint density at radius 2 is 2.32 bits per heavy atom. The van der Waals surface area contributed by atoms with E-state index in [2.05, 4.69) is 14.9 Å². The van der Waals surface area contributed by atoms with Crippen molar-refractivity contribution in [3.8, 4) is 0 Å². The highest BCUT2D eigenvalue weighted by molar-refractivity contribution is 7.89. The quantitative estimate of drug-likeness (QED) is 0.776. The van der Waals surface area contributed by atoms with E-state index in [1.807, 2.05) is 17.5 Å². The van der Waals surface area contributed by atoms with Gasteiger partial charge in [-0.3, -0.25) is 5.10 Å². The average Bonchev–Trinajstić information content (AvgIpc) is 2.96. The number of aryl methyl sites for hydroxylation is 1. The molecular formula is C11H15N3O3S2. The second-order valence-electron chi connectivity index (χ2n) is 4.14. The molecule has 3 N–H and O–H groups in total. The van der Waals surface area contributed by atoms with E-state index in [1.165, 1.54) is 11.3 Å². The van der Waals surface area contributed by atoms with E-state index in [4.69, 9.17) is 5.11 Å². The van der Waals surface area contributed by atoms with Crippen LogP contribution in [-0.4, -0.2) is 23.7 Å². The summed E-state index contributed by atoms with van der Waals surface area (Å²) in [5, 5.41) is 17.4. The number of sulfonamides is 1. The minimum Gasteiger partial charge on any atom is -0.390 e. The molecule has 0 aromatic carbocycles. The molecule has 2 rings (SSSR count). The maximum atomic E-state index is 12.3. The molecule has 0 fully saturated rings. The number of H-pyrrole nitrogens is 1. The summed E-state index contributed by atoms with van der Waals surface area (Å²) in [6.07, 6.45) is 0. The van der Waals surface area contributed by atoms with E-state index in [0.29, 0.717) is 5.69 Å². The first-order valence-corrected chi connectivity index (χ1v) is 8.02. The third-order valence-electron chi connectivity index (χ3n) is 2.68. The summed E-state index contributed by atoms with van der Waals surface area (Å²) in [6, 6.07) is 3.41. The fourth-order valence-corrected chi connectivity index (χ4v) is 4.21. The molecule has 6 nitrogen and oxygen atoms in total. The van der Waals surface area contributed by atoms with Crippen LogP contribution >= 0.6 is 11.3 Å². The van der Waals surface area contributed by atoms with Crippen LogP contribution in [0.4, 0.5) is 0 Å². The van der Waals surface area contributed by atoms with Gasteiger partial charge in [-0.25, -0.2) is 13.1 Å². The van der Waals surface area contributed by atoms with Crippen LogP contribution in [0.3, 0.4) is 0 Å². The molecule has 0 saturated heterocycles. The molecule has 104 valence electrons. The second-order valence-corrected chi connectivity index (χ2v) is 6.77. The molecule has 0 amide bonds. The van der Waals surface area contributed by atoms with Gasteiger partial charge in [0.1, 0.15) is 10.6 Å². The first-order chi connectivity index (χ1) is 8.95. The van der Waals surface area contributed by atoms with E-state index >= 15 is 0 Å². The van der Waals surface area contributed by atoms with E-state index in [9.17, 15) is 8.42 Å². The number of aliphatic hydroxyl groups is 1. The minimum atomic E-state index is -3.71. The lowest BCUT2D eigenvalue weighted by molar-refractivity contribution is 0.273. The third-order valence-corrected chi connectivity index (χ3v) is 5.48. The van der Waals surface area contributed by atoms with Gasteiger partial charge in [0.05, 0.1) is 18.3 Å². The summed E-state index contributed by atoms with van der Waals surface area (Å²) in [7, 11) is -3.71. The van der Waals surface area contributed by atoms with Crippen molar-refractivity contribution in [1.82, 2.24) is 14.9 Å². The van der Waals surface area contributed by atoms with Gasteiger partial charge in [-0.15, -0.1) is 11.3 Å². The number of nitrogens with zero attached hydrogens (tertiary/aromatic N) is 1. The Balaban J connectivity index is 2.30. The molecule has 1 unspecified atom stereocenters. The Bertz CT molecular complexity index is 647. The number of aliphatic hydroxyl groups excluding tert-OH is 1. The highest BCUT2D eigenvalue weighted by Crippen LogP contribution is 2.23. The Kier molecular flexibility index (Phi) is 4.04. The van der Waals surface area contributed by atoms with Gasteiger partial charge in [-0.2, -0.15) is 5.10 Å². The molecular weight excluding hydrogens is 286 g/mol. The van der Waals surface area contributed by atoms with E-state index in [1.54, 1.807) is 13.8 Å². The summed E-state index contributed by atoms with van der Waals surface area (Å²) >= 11 is 1.48. The average molecular weight is 301 g/mol. The molecule has 2 aromatic heterocycles. The van der Waals surface area contributed by atoms with Gasteiger partial charge >= 0.3 is 0 Å². The van der Waals surface area contributed by atoms with Crippen LogP contribution < -0.4 is 4.72 Å². The van der Waals surface area contributed by atoms with Gasteiger partial charge in [-0.05, 0) is 25.3 Å². The molecule has 0 saturated carbocycles. The smallest absolute Gasteiger partial charge is 0.244 e. The lowest BCUT2D eigenvalue weighted by Gasteiger charge is -2.13. The normalized spacial score (nSPS) is 13.6. The number of aromatic nitrogens is 2. The van der Waals surface area contributed by atoms with Gasteiger partial charge in [0, 0.05) is 4.88 Å². The molecule has 0 spiro atoms. The number of hydrogen-bond donors (Lipinski definition) is 3. The Morgan fingerprint density at radius 3 is 2.89 bits per heavy atom. The van der Waals surface area contributed by atoms with E-state index < -0.39 is 16.6 Å². The molecule has 0 aliphatic carbocycles. The van der Waals surface area contributed by atoms with Crippen molar-refractivity contribution in [2.24, 2.45) is 0 Å². The van der Waals surface area contributed by atoms with Crippen LogP contribution in [0.1, 0.15) is 29.2 Å². The maximum absolute atomic E-state index is 12.3. The standard InChI is InChI=1S/C11H15N3O3S2/c1-7(10-4-3-5-18-10)14-19(16,17)11-8(2)12-13-9(11)6-15/h3-5,7,14-15H,6H2,1-2H3,(H,12,13). The van der Waals surface area contributed by atoms with Crippen molar-refractivity contribution in [2.45, 2.75) is 31.4 Å². The summed E-state index contributed by atoms with van der Waals surface area (Å²) in [5.74, 6) is 0. The predicted molar refractivity (Wildman–Crippen MR) is 72.3 cm³/mol. The van der Waals surface area contributed by atoms with E-state index in [0.717, 1.165) is 4.88 Å². The molecule has 2 aromatic rings. The van der Waals surface area contributed by atoms with Crippen molar-refractivity contribution in [3.63, 3.8) is 0 Å². The van der Waals surface area contributed by atoms with Crippen LogP contribution in [-0.2, 0) is 16.6 Å². The second kappa shape index (κ2) is 5.41. The molecule has 0 radical (unpaired) electrons. The number of thiophene rings is 1. The molecule has 1 atom stereocenters. The zero-order valence-electron chi connectivity index (χ0n) is 10.5. The van der Waals surface area contributed by atoms with Crippen LogP contribution in [0.5, 0.6) is 0 Å². The zero-order valence-corrected chi connectivity index (χ0v) is 12.2. The van der Waals surface area contributed by atoms with Crippen LogP contribution in [0, 0.1) is 6.92 Å². The summed E-state index contributed by atoms with van der Waals surface area (Å²) < 4.78 is 27.2. The minimum absolute atomic E-state index is 0.0263. The van der Waals surface area contributed by atoms with Crippen molar-refractivity contribution in [3.05, 3.63) is 33.8 Å². The number of aromatic amines is 1. The van der Waals surface area contributed by atoms with Gasteiger partial charge in [0.2, 0.25) is 10.0 Å². The first kappa shape index (κ1) is 14.2. The Hall–Kier alpha value is -1.22. The summed E-state index contributed by atoms with van der Waals surface area (Å²) in [6.45, 7) is 2.96. The molecule has 8 heteroatoms. The number of rotatable bonds is 5. The Labute approximate surface area is 115 Å². The van der Waals surface area contributed by atoms with Gasteiger partial charge in [-0.1, -0.05) is 6.07 Å². The van der Waals surface area contributed by atoms with Gasteiger partial charge in [0.25, 0.3) is 0 Å². The maximum Gasteiger partial charge on any atom is 0.244 e. The fourth-order valence-electron chi connectivity index (χ4n) is 1.82. The zero-order chi connectivity index (χ0) is 14.0. The first-order valence-electron chi connectivity index (χ1n) is 5.66. The van der Waals surface area contributed by atoms with Gasteiger partial charge < -0.3 is 5.11 Å². The highest BCUT2D eigenvalue weighted by Gasteiger charge is 2.26. The largest absolute Gasteiger partial charge is 0.390 e. The van der Waals surface area contributed by atoms with Crippen LogP contribution in [0.15, 0.2) is 22.4 Å². The monoisotopic (exact) mass is 301 g/mol. The topological polar surface area (TPSA) is 95.1 Å². The fraction of sp³-hybridized carbons (Fsp3) is 0.364. The van der Waals surface area contributed by atoms with Crippen molar-refractivity contribution in [1.29, 1.82) is 0 Å². The van der Waals surface area contributed by atoms with Crippen LogP contribution in [0.25, 0.3) is 0 Å². The molecule has 0 bridgehead atoms. The Morgan fingerprint density at radius 1 is 1.58 bits per heavy atom. The summed E-state index contributed by atoms with van der Waals surface area (Å²) in [4.78, 5) is 0.952.